The van der Waals surface area contributed by atoms with E-state index in [1.54, 1.807) is 0 Å². The highest BCUT2D eigenvalue weighted by atomic mass is 32.2. The van der Waals surface area contributed by atoms with Crippen LogP contribution in [0.15, 0.2) is 37.2 Å². The highest BCUT2D eigenvalue weighted by Crippen LogP contribution is 2.36. The largest absolute Gasteiger partial charge is 0.504 e. The average molecular weight is 537 g/mol. The Morgan fingerprint density at radius 1 is 1.19 bits per heavy atom. The second-order valence-corrected chi connectivity index (χ2v) is 14.4. The zero-order valence-electron chi connectivity index (χ0n) is 21.1. The predicted octanol–water partition coefficient (Wildman–Crippen LogP) is 2.91. The molecule has 0 saturated carbocycles. The van der Waals surface area contributed by atoms with Gasteiger partial charge in [-0.05, 0) is 42.9 Å². The van der Waals surface area contributed by atoms with Crippen molar-refractivity contribution in [1.82, 2.24) is 9.78 Å². The molecule has 36 heavy (non-hydrogen) atoms. The van der Waals surface area contributed by atoms with E-state index in [9.17, 15) is 22.5 Å². The number of aromatic hydroxyl groups is 1. The lowest BCUT2D eigenvalue weighted by molar-refractivity contribution is 0.334. The molecule has 11 nitrogen and oxygen atoms in total. The van der Waals surface area contributed by atoms with Crippen molar-refractivity contribution in [2.75, 3.05) is 35.2 Å². The SMILES string of the molecule is CC(C)(C)CCn1nc(N2CCCC2)c(O)c(C2=Nc3ccc(NS(C)(=O)=O)cc3S(C)(=O)=N2)c1=O. The monoisotopic (exact) mass is 536 g/mol. The van der Waals surface area contributed by atoms with Gasteiger partial charge in [0.25, 0.3) is 5.56 Å². The summed E-state index contributed by atoms with van der Waals surface area (Å²) in [6.07, 6.45) is 4.98. The molecule has 0 spiro atoms. The number of aromatic nitrogens is 2. The van der Waals surface area contributed by atoms with Crippen LogP contribution >= 0.6 is 0 Å². The fourth-order valence-electron chi connectivity index (χ4n) is 4.12. The topological polar surface area (TPSA) is 146 Å². The highest BCUT2D eigenvalue weighted by Gasteiger charge is 2.30. The summed E-state index contributed by atoms with van der Waals surface area (Å²) in [6.45, 7) is 7.93. The lowest BCUT2D eigenvalue weighted by Gasteiger charge is -2.23. The minimum Gasteiger partial charge on any atom is -0.504 e. The number of rotatable bonds is 6. The summed E-state index contributed by atoms with van der Waals surface area (Å²) in [5, 5.41) is 15.7. The Morgan fingerprint density at radius 2 is 1.86 bits per heavy atom. The van der Waals surface area contributed by atoms with Crippen molar-refractivity contribution in [1.29, 1.82) is 0 Å². The lowest BCUT2D eigenvalue weighted by Crippen LogP contribution is -2.33. The summed E-state index contributed by atoms with van der Waals surface area (Å²) in [5.74, 6) is -0.172. The van der Waals surface area contributed by atoms with Crippen molar-refractivity contribution in [3.63, 3.8) is 0 Å². The Balaban J connectivity index is 1.88. The van der Waals surface area contributed by atoms with Crippen molar-refractivity contribution in [3.8, 4) is 5.75 Å². The first-order chi connectivity index (χ1) is 16.6. The van der Waals surface area contributed by atoms with Crippen LogP contribution in [0.25, 0.3) is 0 Å². The van der Waals surface area contributed by atoms with Gasteiger partial charge in [0.1, 0.15) is 5.56 Å². The van der Waals surface area contributed by atoms with E-state index in [0.29, 0.717) is 26.1 Å². The van der Waals surface area contributed by atoms with E-state index in [-0.39, 0.29) is 44.7 Å². The van der Waals surface area contributed by atoms with E-state index >= 15 is 0 Å². The van der Waals surface area contributed by atoms with Crippen LogP contribution in [-0.4, -0.2) is 59.0 Å². The van der Waals surface area contributed by atoms with E-state index in [2.05, 4.69) is 39.9 Å². The van der Waals surface area contributed by atoms with Gasteiger partial charge in [-0.3, -0.25) is 9.52 Å². The molecule has 1 fully saturated rings. The number of amidine groups is 1. The molecule has 2 aromatic rings. The summed E-state index contributed by atoms with van der Waals surface area (Å²) < 4.78 is 44.8. The van der Waals surface area contributed by atoms with E-state index < -0.39 is 25.3 Å². The molecule has 2 aliphatic heterocycles. The van der Waals surface area contributed by atoms with Crippen LogP contribution in [0.4, 0.5) is 17.2 Å². The summed E-state index contributed by atoms with van der Waals surface area (Å²) in [4.78, 5) is 20.1. The molecule has 196 valence electrons. The van der Waals surface area contributed by atoms with Gasteiger partial charge < -0.3 is 10.0 Å². The van der Waals surface area contributed by atoms with E-state index in [1.165, 1.54) is 29.1 Å². The molecular weight excluding hydrogens is 504 g/mol. The first-order valence-electron chi connectivity index (χ1n) is 11.7. The van der Waals surface area contributed by atoms with Gasteiger partial charge in [0.2, 0.25) is 10.0 Å². The number of aryl methyl sites for hydroxylation is 1. The van der Waals surface area contributed by atoms with Gasteiger partial charge in [-0.1, -0.05) is 20.8 Å². The molecule has 3 heterocycles. The molecule has 13 heteroatoms. The van der Waals surface area contributed by atoms with Gasteiger partial charge in [0.05, 0.1) is 26.6 Å². The van der Waals surface area contributed by atoms with Crippen molar-refractivity contribution in [2.24, 2.45) is 14.8 Å². The quantitative estimate of drug-likeness (QED) is 0.577. The lowest BCUT2D eigenvalue weighted by atomic mass is 9.92. The van der Waals surface area contributed by atoms with Gasteiger partial charge in [0, 0.05) is 31.6 Å². The third-order valence-corrected chi connectivity index (χ3v) is 8.24. The van der Waals surface area contributed by atoms with Crippen LogP contribution in [0.3, 0.4) is 0 Å². The molecule has 0 radical (unpaired) electrons. The van der Waals surface area contributed by atoms with Crippen LogP contribution in [0.1, 0.15) is 45.6 Å². The maximum Gasteiger partial charge on any atom is 0.281 e. The van der Waals surface area contributed by atoms with Crippen LogP contribution in [-0.2, 0) is 26.3 Å². The Bertz CT molecular complexity index is 1520. The van der Waals surface area contributed by atoms with Gasteiger partial charge in [-0.25, -0.2) is 22.3 Å². The van der Waals surface area contributed by atoms with Crippen molar-refractivity contribution in [2.45, 2.75) is 51.5 Å². The van der Waals surface area contributed by atoms with E-state index in [4.69, 9.17) is 0 Å². The zero-order valence-corrected chi connectivity index (χ0v) is 22.7. The molecule has 2 aliphatic rings. The van der Waals surface area contributed by atoms with Crippen molar-refractivity contribution >= 4 is 42.8 Å². The third kappa shape index (κ3) is 5.56. The van der Waals surface area contributed by atoms with Crippen molar-refractivity contribution in [3.05, 3.63) is 34.1 Å². The highest BCUT2D eigenvalue weighted by molar-refractivity contribution is 7.93. The van der Waals surface area contributed by atoms with Gasteiger partial charge in [0.15, 0.2) is 17.4 Å². The third-order valence-electron chi connectivity index (χ3n) is 5.97. The zero-order chi connectivity index (χ0) is 26.5. The Morgan fingerprint density at radius 3 is 2.47 bits per heavy atom. The maximum atomic E-state index is 13.6. The summed E-state index contributed by atoms with van der Waals surface area (Å²) in [7, 11) is -6.65. The molecule has 1 aromatic heterocycles. The smallest absolute Gasteiger partial charge is 0.281 e. The standard InChI is InChI=1S/C23H32N6O5S2/c1-23(2,3)10-13-29-22(31)18(19(30)21(25-29)28-11-6-7-12-28)20-24-16-9-8-15(26-36(5,33)34)14-17(16)35(4,32)27-20/h8-9,14,26,30H,6-7,10-13H2,1-5H3. The minimum absolute atomic E-state index is 0.0475. The van der Waals surface area contributed by atoms with Gasteiger partial charge in [-0.15, -0.1) is 5.10 Å². The number of sulfonamides is 1. The van der Waals surface area contributed by atoms with Crippen molar-refractivity contribution < 1.29 is 17.7 Å². The molecule has 1 atom stereocenters. The summed E-state index contributed by atoms with van der Waals surface area (Å²) in [5.41, 5.74) is -0.234. The fraction of sp³-hybridized carbons (Fsp3) is 0.522. The van der Waals surface area contributed by atoms with E-state index in [1.807, 2.05) is 4.90 Å². The Hall–Kier alpha value is -2.93. The van der Waals surface area contributed by atoms with Crippen LogP contribution < -0.4 is 15.2 Å². The second kappa shape index (κ2) is 9.18. The molecule has 0 amide bonds. The molecule has 4 rings (SSSR count). The number of hydrogen-bond acceptors (Lipinski definition) is 9. The molecule has 0 bridgehead atoms. The number of fused-ring (bicyclic) bond motifs is 1. The molecule has 1 saturated heterocycles. The molecule has 1 aromatic carbocycles. The van der Waals surface area contributed by atoms with Gasteiger partial charge >= 0.3 is 0 Å². The molecule has 2 N–H and O–H groups in total. The number of benzene rings is 1. The number of aliphatic imine (C=N–C) groups is 1. The Labute approximate surface area is 211 Å². The molecule has 1 unspecified atom stereocenters. The predicted molar refractivity (Wildman–Crippen MR) is 142 cm³/mol. The van der Waals surface area contributed by atoms with Gasteiger partial charge in [-0.2, -0.15) is 4.36 Å². The number of nitrogens with zero attached hydrogens (tertiary/aromatic N) is 5. The van der Waals surface area contributed by atoms with Crippen LogP contribution in [0.5, 0.6) is 5.75 Å². The van der Waals surface area contributed by atoms with E-state index in [0.717, 1.165) is 19.1 Å². The fourth-order valence-corrected chi connectivity index (χ4v) is 6.09. The molecular formula is C23H32N6O5S2. The maximum absolute atomic E-state index is 13.6. The minimum atomic E-state index is -3.54. The number of hydrogen-bond donors (Lipinski definition) is 2. The summed E-state index contributed by atoms with van der Waals surface area (Å²) in [6, 6.07) is 4.43. The second-order valence-electron chi connectivity index (χ2n) is 10.5. The first kappa shape index (κ1) is 26.1. The first-order valence-corrected chi connectivity index (χ1v) is 15.5. The molecule has 0 aliphatic carbocycles. The Kier molecular flexibility index (Phi) is 6.67. The normalized spacial score (nSPS) is 20.0. The average Bonchev–Trinajstić information content (AvgIpc) is 3.26. The van der Waals surface area contributed by atoms with Crippen LogP contribution in [0.2, 0.25) is 0 Å². The number of anilines is 2. The number of nitrogens with one attached hydrogen (secondary N) is 1. The summed E-state index contributed by atoms with van der Waals surface area (Å²) >= 11 is 0. The van der Waals surface area contributed by atoms with Crippen LogP contribution in [0, 0.1) is 5.41 Å².